The first-order chi connectivity index (χ1) is 15.3. The summed E-state index contributed by atoms with van der Waals surface area (Å²) in [5.41, 5.74) is 5.19. The zero-order chi connectivity index (χ0) is 22.7. The van der Waals surface area contributed by atoms with Gasteiger partial charge in [-0.15, -0.1) is 0 Å². The van der Waals surface area contributed by atoms with Crippen LogP contribution < -0.4 is 15.4 Å². The summed E-state index contributed by atoms with van der Waals surface area (Å²) in [4.78, 5) is 12.3. The molecule has 0 saturated heterocycles. The molecule has 0 aromatic heterocycles. The molecule has 0 spiro atoms. The second kappa shape index (κ2) is 8.85. The number of carbonyl (C=O) groups is 1. The first-order valence-electron chi connectivity index (χ1n) is 10.3. The maximum Gasteiger partial charge on any atom is 0.345 e. The number of hydrogen-bond donors (Lipinski definition) is 2. The third kappa shape index (κ3) is 5.15. The Morgan fingerprint density at radius 1 is 0.969 bits per heavy atom. The molecule has 162 valence electrons. The standard InChI is InChI=1S/C26H24N2O3S/c1-17(15-18-9-14-23-22(16-18)24(29)31-26(2,3)30-23)27-25(32)28-21-12-10-20(11-13-21)19-7-5-4-6-8-19/h4-14,16H,1,15H2,2-3H3,(H2,27,28,32). The van der Waals surface area contributed by atoms with Crippen molar-refractivity contribution in [1.82, 2.24) is 5.32 Å². The number of esters is 1. The maximum atomic E-state index is 12.3. The van der Waals surface area contributed by atoms with E-state index < -0.39 is 11.8 Å². The number of carbonyl (C=O) groups excluding carboxylic acids is 1. The quantitative estimate of drug-likeness (QED) is 0.390. The van der Waals surface area contributed by atoms with Gasteiger partial charge in [0.05, 0.1) is 0 Å². The fourth-order valence-corrected chi connectivity index (χ4v) is 3.75. The number of ether oxygens (including phenoxy) is 2. The molecule has 0 radical (unpaired) electrons. The highest BCUT2D eigenvalue weighted by Crippen LogP contribution is 2.32. The summed E-state index contributed by atoms with van der Waals surface area (Å²) in [7, 11) is 0. The average Bonchev–Trinajstić information content (AvgIpc) is 2.74. The largest absolute Gasteiger partial charge is 0.452 e. The van der Waals surface area contributed by atoms with Crippen LogP contribution in [0.25, 0.3) is 11.1 Å². The van der Waals surface area contributed by atoms with Crippen LogP contribution in [0, 0.1) is 0 Å². The van der Waals surface area contributed by atoms with Crippen LogP contribution in [-0.4, -0.2) is 16.9 Å². The van der Waals surface area contributed by atoms with Crippen molar-refractivity contribution < 1.29 is 14.3 Å². The van der Waals surface area contributed by atoms with Gasteiger partial charge in [0.15, 0.2) is 5.11 Å². The van der Waals surface area contributed by atoms with Crippen molar-refractivity contribution in [3.05, 3.63) is 96.2 Å². The number of allylic oxidation sites excluding steroid dienone is 1. The van der Waals surface area contributed by atoms with E-state index in [9.17, 15) is 4.79 Å². The molecular weight excluding hydrogens is 420 g/mol. The predicted molar refractivity (Wildman–Crippen MR) is 131 cm³/mol. The van der Waals surface area contributed by atoms with Crippen molar-refractivity contribution in [2.45, 2.75) is 26.1 Å². The van der Waals surface area contributed by atoms with Crippen molar-refractivity contribution in [3.63, 3.8) is 0 Å². The van der Waals surface area contributed by atoms with E-state index in [4.69, 9.17) is 21.7 Å². The number of cyclic esters (lactones) is 1. The van der Waals surface area contributed by atoms with E-state index in [1.54, 1.807) is 26.0 Å². The lowest BCUT2D eigenvalue weighted by atomic mass is 10.0. The first kappa shape index (κ1) is 21.6. The third-order valence-electron chi connectivity index (χ3n) is 4.92. The fourth-order valence-electron chi connectivity index (χ4n) is 3.49. The molecule has 6 heteroatoms. The van der Waals surface area contributed by atoms with Gasteiger partial charge in [0, 0.05) is 31.7 Å². The lowest BCUT2D eigenvalue weighted by molar-refractivity contribution is -0.127. The molecule has 0 saturated carbocycles. The number of nitrogens with one attached hydrogen (secondary N) is 2. The Morgan fingerprint density at radius 2 is 1.66 bits per heavy atom. The highest BCUT2D eigenvalue weighted by Gasteiger charge is 2.33. The van der Waals surface area contributed by atoms with Crippen molar-refractivity contribution in [3.8, 4) is 16.9 Å². The zero-order valence-corrected chi connectivity index (χ0v) is 18.8. The molecular formula is C26H24N2O3S. The van der Waals surface area contributed by atoms with E-state index in [-0.39, 0.29) is 0 Å². The molecule has 4 rings (SSSR count). The fraction of sp³-hybridized carbons (Fsp3) is 0.154. The highest BCUT2D eigenvalue weighted by molar-refractivity contribution is 7.80. The molecule has 0 fully saturated rings. The van der Waals surface area contributed by atoms with Crippen molar-refractivity contribution in [2.24, 2.45) is 0 Å². The van der Waals surface area contributed by atoms with Crippen LogP contribution in [0.15, 0.2) is 85.1 Å². The average molecular weight is 445 g/mol. The molecule has 0 amide bonds. The van der Waals surface area contributed by atoms with E-state index in [2.05, 4.69) is 29.3 Å². The summed E-state index contributed by atoms with van der Waals surface area (Å²) in [6.07, 6.45) is 0.499. The molecule has 5 nitrogen and oxygen atoms in total. The van der Waals surface area contributed by atoms with Gasteiger partial charge in [-0.3, -0.25) is 0 Å². The van der Waals surface area contributed by atoms with Crippen LogP contribution in [0.2, 0.25) is 0 Å². The van der Waals surface area contributed by atoms with Gasteiger partial charge in [-0.1, -0.05) is 55.1 Å². The number of hydrogen-bond acceptors (Lipinski definition) is 4. The van der Waals surface area contributed by atoms with Crippen molar-refractivity contribution >= 4 is 29.0 Å². The minimum Gasteiger partial charge on any atom is -0.452 e. The topological polar surface area (TPSA) is 59.6 Å². The number of benzene rings is 3. The lowest BCUT2D eigenvalue weighted by Gasteiger charge is -2.31. The second-order valence-electron chi connectivity index (χ2n) is 8.02. The molecule has 1 aliphatic rings. The number of anilines is 1. The van der Waals surface area contributed by atoms with Gasteiger partial charge in [-0.25, -0.2) is 4.79 Å². The van der Waals surface area contributed by atoms with Crippen LogP contribution >= 0.6 is 12.2 Å². The summed E-state index contributed by atoms with van der Waals surface area (Å²) in [5.74, 6) is -0.842. The summed E-state index contributed by atoms with van der Waals surface area (Å²) >= 11 is 5.42. The molecule has 3 aromatic carbocycles. The minimum atomic E-state index is -0.964. The Bertz CT molecular complexity index is 1170. The highest BCUT2D eigenvalue weighted by atomic mass is 32.1. The van der Waals surface area contributed by atoms with Crippen molar-refractivity contribution in [1.29, 1.82) is 0 Å². The van der Waals surface area contributed by atoms with E-state index >= 15 is 0 Å². The minimum absolute atomic E-state index is 0.396. The molecule has 32 heavy (non-hydrogen) atoms. The van der Waals surface area contributed by atoms with Gasteiger partial charge in [0.1, 0.15) is 11.3 Å². The Kier molecular flexibility index (Phi) is 5.97. The van der Waals surface area contributed by atoms with Gasteiger partial charge in [-0.05, 0) is 53.2 Å². The molecule has 0 bridgehead atoms. The SMILES string of the molecule is C=C(Cc1ccc2c(c1)C(=O)OC(C)(C)O2)NC(=S)Nc1ccc(-c2ccccc2)cc1. The second-order valence-corrected chi connectivity index (χ2v) is 8.43. The maximum absolute atomic E-state index is 12.3. The van der Waals surface area contributed by atoms with Crippen LogP contribution in [0.3, 0.4) is 0 Å². The molecule has 0 unspecified atom stereocenters. The zero-order valence-electron chi connectivity index (χ0n) is 18.0. The third-order valence-corrected chi connectivity index (χ3v) is 5.12. The molecule has 2 N–H and O–H groups in total. The monoisotopic (exact) mass is 444 g/mol. The Labute approximate surface area is 193 Å². The van der Waals surface area contributed by atoms with E-state index in [0.717, 1.165) is 22.4 Å². The van der Waals surface area contributed by atoms with Crippen LogP contribution in [0.4, 0.5) is 5.69 Å². The van der Waals surface area contributed by atoms with Gasteiger partial charge in [0.2, 0.25) is 5.79 Å². The summed E-state index contributed by atoms with van der Waals surface area (Å²) < 4.78 is 11.0. The van der Waals surface area contributed by atoms with Crippen molar-refractivity contribution in [2.75, 3.05) is 5.32 Å². The Balaban J connectivity index is 1.34. The first-order valence-corrected chi connectivity index (χ1v) is 10.7. The van der Waals surface area contributed by atoms with Crippen LogP contribution in [0.5, 0.6) is 5.75 Å². The molecule has 1 aliphatic heterocycles. The van der Waals surface area contributed by atoms with Crippen LogP contribution in [0.1, 0.15) is 29.8 Å². The number of rotatable bonds is 5. The van der Waals surface area contributed by atoms with E-state index in [1.807, 2.05) is 48.5 Å². The van der Waals surface area contributed by atoms with Gasteiger partial charge >= 0.3 is 5.97 Å². The van der Waals surface area contributed by atoms with Gasteiger partial charge in [-0.2, -0.15) is 0 Å². The molecule has 0 aliphatic carbocycles. The number of fused-ring (bicyclic) bond motifs is 1. The normalized spacial score (nSPS) is 13.9. The predicted octanol–water partition coefficient (Wildman–Crippen LogP) is 5.68. The molecule has 0 atom stereocenters. The number of thiocarbonyl (C=S) groups is 1. The molecule has 3 aromatic rings. The van der Waals surface area contributed by atoms with E-state index in [1.165, 1.54) is 0 Å². The lowest BCUT2D eigenvalue weighted by Crippen LogP contribution is -2.38. The van der Waals surface area contributed by atoms with Crippen LogP contribution in [-0.2, 0) is 11.2 Å². The Hall–Kier alpha value is -3.64. The van der Waals surface area contributed by atoms with Gasteiger partial charge in [0.25, 0.3) is 0 Å². The Morgan fingerprint density at radius 3 is 2.38 bits per heavy atom. The summed E-state index contributed by atoms with van der Waals surface area (Å²) in [6.45, 7) is 7.46. The van der Waals surface area contributed by atoms with E-state index in [0.29, 0.717) is 28.5 Å². The smallest absolute Gasteiger partial charge is 0.345 e. The van der Waals surface area contributed by atoms with Gasteiger partial charge < -0.3 is 20.1 Å². The summed E-state index contributed by atoms with van der Waals surface area (Å²) in [6, 6.07) is 23.7. The molecule has 1 heterocycles. The summed E-state index contributed by atoms with van der Waals surface area (Å²) in [5, 5.41) is 6.72.